The van der Waals surface area contributed by atoms with Gasteiger partial charge in [-0.25, -0.2) is 9.97 Å². The summed E-state index contributed by atoms with van der Waals surface area (Å²) in [5.74, 6) is 1.42. The molecule has 0 spiro atoms. The van der Waals surface area contributed by atoms with E-state index < -0.39 is 0 Å². The molecule has 8 nitrogen and oxygen atoms in total. The number of carbonyl (C=O) groups is 1. The predicted molar refractivity (Wildman–Crippen MR) is 103 cm³/mol. The number of amides is 1. The molecule has 0 saturated heterocycles. The molecule has 0 unspecified atom stereocenters. The van der Waals surface area contributed by atoms with Crippen LogP contribution in [0, 0.1) is 0 Å². The third-order valence-electron chi connectivity index (χ3n) is 3.77. The third kappa shape index (κ3) is 4.29. The molecule has 8 heteroatoms. The molecule has 0 saturated carbocycles. The summed E-state index contributed by atoms with van der Waals surface area (Å²) < 4.78 is 21.3. The van der Waals surface area contributed by atoms with Gasteiger partial charge in [-0.3, -0.25) is 4.79 Å². The lowest BCUT2D eigenvalue weighted by molar-refractivity contribution is 0.102. The normalized spacial score (nSPS) is 10.1. The molecule has 28 heavy (non-hydrogen) atoms. The van der Waals surface area contributed by atoms with Gasteiger partial charge in [-0.2, -0.15) is 0 Å². The van der Waals surface area contributed by atoms with Crippen molar-refractivity contribution in [2.75, 3.05) is 26.6 Å². The Hall–Kier alpha value is -3.81. The highest BCUT2D eigenvalue weighted by molar-refractivity contribution is 6.05. The largest absolute Gasteiger partial charge is 0.493 e. The summed E-state index contributed by atoms with van der Waals surface area (Å²) in [6.07, 6.45) is 2.92. The van der Waals surface area contributed by atoms with Crippen molar-refractivity contribution in [1.82, 2.24) is 9.97 Å². The van der Waals surface area contributed by atoms with Crippen molar-refractivity contribution in [3.05, 3.63) is 60.4 Å². The fraction of sp³-hybridized carbons (Fsp3) is 0.150. The zero-order valence-electron chi connectivity index (χ0n) is 15.6. The van der Waals surface area contributed by atoms with Crippen LogP contribution in [-0.2, 0) is 0 Å². The Kier molecular flexibility index (Phi) is 5.91. The summed E-state index contributed by atoms with van der Waals surface area (Å²) in [7, 11) is 4.47. The summed E-state index contributed by atoms with van der Waals surface area (Å²) in [6.45, 7) is 0. The van der Waals surface area contributed by atoms with Crippen LogP contribution in [-0.4, -0.2) is 37.2 Å². The molecule has 0 aliphatic rings. The first-order valence-corrected chi connectivity index (χ1v) is 8.31. The number of hydrogen-bond acceptors (Lipinski definition) is 7. The lowest BCUT2D eigenvalue weighted by Gasteiger charge is -2.14. The van der Waals surface area contributed by atoms with Crippen LogP contribution in [0.1, 0.15) is 10.4 Å². The molecule has 0 bridgehead atoms. The number of anilines is 1. The van der Waals surface area contributed by atoms with Crippen LogP contribution < -0.4 is 24.3 Å². The molecule has 3 rings (SSSR count). The Bertz CT molecular complexity index is 921. The summed E-state index contributed by atoms with van der Waals surface area (Å²) in [4.78, 5) is 20.8. The molecule has 1 aromatic heterocycles. The minimum absolute atomic E-state index is 0.178. The summed E-state index contributed by atoms with van der Waals surface area (Å²) in [5, 5.41) is 2.72. The van der Waals surface area contributed by atoms with Crippen molar-refractivity contribution >= 4 is 11.6 Å². The third-order valence-corrected chi connectivity index (χ3v) is 3.77. The van der Waals surface area contributed by atoms with Crippen molar-refractivity contribution in [3.63, 3.8) is 0 Å². The molecule has 0 aliphatic carbocycles. The standard InChI is InChI=1S/C20H19N3O5/c1-25-16-9-13(10-17(26-2)18(16)27-3)19(24)23-14-11-21-20(22-12-14)28-15-7-5-4-6-8-15/h4-12H,1-3H3,(H,23,24). The van der Waals surface area contributed by atoms with Crippen LogP contribution in [0.2, 0.25) is 0 Å². The molecule has 0 radical (unpaired) electrons. The van der Waals surface area contributed by atoms with Gasteiger partial charge < -0.3 is 24.3 Å². The monoisotopic (exact) mass is 381 g/mol. The van der Waals surface area contributed by atoms with E-state index in [-0.39, 0.29) is 11.9 Å². The van der Waals surface area contributed by atoms with Crippen LogP contribution in [0.5, 0.6) is 29.0 Å². The van der Waals surface area contributed by atoms with Crippen molar-refractivity contribution in [3.8, 4) is 29.0 Å². The van der Waals surface area contributed by atoms with Gasteiger partial charge in [-0.05, 0) is 24.3 Å². The van der Waals surface area contributed by atoms with Crippen molar-refractivity contribution in [1.29, 1.82) is 0 Å². The van der Waals surface area contributed by atoms with Gasteiger partial charge in [0.05, 0.1) is 39.4 Å². The number of nitrogens with zero attached hydrogens (tertiary/aromatic N) is 2. The average molecular weight is 381 g/mol. The van der Waals surface area contributed by atoms with E-state index in [0.29, 0.717) is 34.2 Å². The zero-order chi connectivity index (χ0) is 19.9. The number of ether oxygens (including phenoxy) is 4. The van der Waals surface area contributed by atoms with Crippen molar-refractivity contribution in [2.45, 2.75) is 0 Å². The van der Waals surface area contributed by atoms with Gasteiger partial charge in [0.25, 0.3) is 5.91 Å². The lowest BCUT2D eigenvalue weighted by atomic mass is 10.1. The Labute approximate surface area is 162 Å². The molecular formula is C20H19N3O5. The van der Waals surface area contributed by atoms with E-state index in [2.05, 4.69) is 15.3 Å². The highest BCUT2D eigenvalue weighted by Crippen LogP contribution is 2.38. The number of aromatic nitrogens is 2. The number of rotatable bonds is 7. The fourth-order valence-corrected chi connectivity index (χ4v) is 2.44. The molecule has 0 aliphatic heterocycles. The highest BCUT2D eigenvalue weighted by Gasteiger charge is 2.17. The van der Waals surface area contributed by atoms with E-state index in [0.717, 1.165) is 0 Å². The van der Waals surface area contributed by atoms with E-state index in [1.165, 1.54) is 33.7 Å². The maximum atomic E-state index is 12.6. The highest BCUT2D eigenvalue weighted by atomic mass is 16.5. The number of nitrogens with one attached hydrogen (secondary N) is 1. The number of methoxy groups -OCH3 is 3. The summed E-state index contributed by atoms with van der Waals surface area (Å²) in [5.41, 5.74) is 0.748. The van der Waals surface area contributed by atoms with Gasteiger partial charge in [-0.15, -0.1) is 0 Å². The average Bonchev–Trinajstić information content (AvgIpc) is 2.74. The molecule has 1 amide bonds. The van der Waals surface area contributed by atoms with Crippen LogP contribution in [0.3, 0.4) is 0 Å². The zero-order valence-corrected chi connectivity index (χ0v) is 15.6. The number of benzene rings is 2. The van der Waals surface area contributed by atoms with Gasteiger partial charge in [0, 0.05) is 5.56 Å². The Morgan fingerprint density at radius 1 is 0.893 bits per heavy atom. The van der Waals surface area contributed by atoms with E-state index in [1.807, 2.05) is 18.2 Å². The van der Waals surface area contributed by atoms with Gasteiger partial charge in [0.2, 0.25) is 5.75 Å². The first-order valence-electron chi connectivity index (χ1n) is 8.31. The van der Waals surface area contributed by atoms with Crippen molar-refractivity contribution in [2.24, 2.45) is 0 Å². The molecule has 2 aromatic carbocycles. The van der Waals surface area contributed by atoms with Crippen LogP contribution in [0.25, 0.3) is 0 Å². The SMILES string of the molecule is COc1cc(C(=O)Nc2cnc(Oc3ccccc3)nc2)cc(OC)c1OC. The quantitative estimate of drug-likeness (QED) is 0.669. The molecule has 144 valence electrons. The predicted octanol–water partition coefficient (Wildman–Crippen LogP) is 3.55. The van der Waals surface area contributed by atoms with Crippen molar-refractivity contribution < 1.29 is 23.7 Å². The molecule has 1 N–H and O–H groups in total. The smallest absolute Gasteiger partial charge is 0.322 e. The van der Waals surface area contributed by atoms with E-state index in [1.54, 1.807) is 24.3 Å². The number of para-hydroxylation sites is 1. The summed E-state index contributed by atoms with van der Waals surface area (Å²) in [6, 6.07) is 12.5. The van der Waals surface area contributed by atoms with Crippen LogP contribution in [0.15, 0.2) is 54.9 Å². The van der Waals surface area contributed by atoms with Gasteiger partial charge >= 0.3 is 6.01 Å². The lowest BCUT2D eigenvalue weighted by Crippen LogP contribution is -2.13. The van der Waals surface area contributed by atoms with Crippen LogP contribution in [0.4, 0.5) is 5.69 Å². The molecule has 0 fully saturated rings. The van der Waals surface area contributed by atoms with E-state index in [9.17, 15) is 4.79 Å². The number of carbonyl (C=O) groups excluding carboxylic acids is 1. The second kappa shape index (κ2) is 8.72. The van der Waals surface area contributed by atoms with E-state index >= 15 is 0 Å². The van der Waals surface area contributed by atoms with Gasteiger partial charge in [0.15, 0.2) is 11.5 Å². The Morgan fingerprint density at radius 2 is 1.50 bits per heavy atom. The number of hydrogen-bond donors (Lipinski definition) is 1. The second-order valence-electron chi connectivity index (χ2n) is 5.54. The summed E-state index contributed by atoms with van der Waals surface area (Å²) >= 11 is 0. The molecule has 1 heterocycles. The minimum atomic E-state index is -0.375. The second-order valence-corrected chi connectivity index (χ2v) is 5.54. The maximum absolute atomic E-state index is 12.6. The van der Waals surface area contributed by atoms with Gasteiger partial charge in [0.1, 0.15) is 5.75 Å². The Balaban J connectivity index is 1.74. The molecular weight excluding hydrogens is 362 g/mol. The Morgan fingerprint density at radius 3 is 2.04 bits per heavy atom. The first-order chi connectivity index (χ1) is 13.6. The minimum Gasteiger partial charge on any atom is -0.493 e. The van der Waals surface area contributed by atoms with E-state index in [4.69, 9.17) is 18.9 Å². The molecule has 3 aromatic rings. The fourth-order valence-electron chi connectivity index (χ4n) is 2.44. The van der Waals surface area contributed by atoms with Gasteiger partial charge in [-0.1, -0.05) is 18.2 Å². The maximum Gasteiger partial charge on any atom is 0.322 e. The first kappa shape index (κ1) is 19.0. The molecule has 0 atom stereocenters. The van der Waals surface area contributed by atoms with Crippen LogP contribution >= 0.6 is 0 Å². The topological polar surface area (TPSA) is 91.8 Å².